The number of nitrogens with zero attached hydrogens (tertiary/aromatic N) is 2. The molecule has 2 aliphatic rings. The van der Waals surface area contributed by atoms with E-state index in [1.54, 1.807) is 6.92 Å². The van der Waals surface area contributed by atoms with E-state index in [1.165, 1.54) is 43.5 Å². The third kappa shape index (κ3) is 3.85. The summed E-state index contributed by atoms with van der Waals surface area (Å²) in [5, 5.41) is 0. The fraction of sp³-hybridized carbons (Fsp3) is 0.458. The zero-order valence-electron chi connectivity index (χ0n) is 17.0. The molecular weight excluding hydrogens is 346 g/mol. The number of benzene rings is 2. The van der Waals surface area contributed by atoms with Gasteiger partial charge in [-0.05, 0) is 73.7 Å². The van der Waals surface area contributed by atoms with E-state index in [2.05, 4.69) is 54.3 Å². The van der Waals surface area contributed by atoms with Gasteiger partial charge in [-0.2, -0.15) is 0 Å². The molecule has 0 unspecified atom stereocenters. The lowest BCUT2D eigenvalue weighted by Crippen LogP contribution is -2.43. The van der Waals surface area contributed by atoms with Gasteiger partial charge in [0.25, 0.3) is 0 Å². The number of anilines is 1. The first kappa shape index (κ1) is 19.2. The quantitative estimate of drug-likeness (QED) is 0.858. The van der Waals surface area contributed by atoms with Crippen molar-refractivity contribution in [3.8, 4) is 11.1 Å². The predicted molar refractivity (Wildman–Crippen MR) is 115 cm³/mol. The highest BCUT2D eigenvalue weighted by atomic mass is 16.2. The van der Waals surface area contributed by atoms with Crippen LogP contribution in [0.2, 0.25) is 0 Å². The molecule has 0 saturated carbocycles. The van der Waals surface area contributed by atoms with Crippen LogP contribution in [0.5, 0.6) is 0 Å². The van der Waals surface area contributed by atoms with E-state index in [-0.39, 0.29) is 18.0 Å². The molecule has 2 aromatic rings. The Kier molecular flexibility index (Phi) is 5.51. The van der Waals surface area contributed by atoms with E-state index in [4.69, 9.17) is 5.73 Å². The second-order valence-corrected chi connectivity index (χ2v) is 8.39. The number of amides is 1. The Balaban J connectivity index is 1.56. The molecule has 2 heterocycles. The van der Waals surface area contributed by atoms with Crippen LogP contribution in [-0.4, -0.2) is 29.9 Å². The summed E-state index contributed by atoms with van der Waals surface area (Å²) in [6.45, 7) is 7.18. The third-order valence-electron chi connectivity index (χ3n) is 6.20. The van der Waals surface area contributed by atoms with Crippen LogP contribution in [0.1, 0.15) is 56.7 Å². The van der Waals surface area contributed by atoms with Crippen molar-refractivity contribution < 1.29 is 4.79 Å². The maximum absolute atomic E-state index is 12.1. The summed E-state index contributed by atoms with van der Waals surface area (Å²) < 4.78 is 0. The van der Waals surface area contributed by atoms with Gasteiger partial charge in [-0.3, -0.25) is 9.69 Å². The van der Waals surface area contributed by atoms with Gasteiger partial charge < -0.3 is 10.6 Å². The minimum Gasteiger partial charge on any atom is -0.324 e. The Morgan fingerprint density at radius 3 is 2.39 bits per heavy atom. The van der Waals surface area contributed by atoms with Gasteiger partial charge in [-0.15, -0.1) is 0 Å². The summed E-state index contributed by atoms with van der Waals surface area (Å²) in [6, 6.07) is 15.4. The molecule has 4 nitrogen and oxygen atoms in total. The molecule has 0 spiro atoms. The van der Waals surface area contributed by atoms with Crippen LogP contribution in [-0.2, 0) is 11.3 Å². The van der Waals surface area contributed by atoms with Crippen molar-refractivity contribution in [1.82, 2.24) is 4.90 Å². The number of hydrogen-bond acceptors (Lipinski definition) is 3. The molecular formula is C24H31N3O. The summed E-state index contributed by atoms with van der Waals surface area (Å²) >= 11 is 0. The predicted octanol–water partition coefficient (Wildman–Crippen LogP) is 4.48. The summed E-state index contributed by atoms with van der Waals surface area (Å²) in [7, 11) is 0. The first-order chi connectivity index (χ1) is 13.5. The van der Waals surface area contributed by atoms with Gasteiger partial charge in [0.15, 0.2) is 0 Å². The topological polar surface area (TPSA) is 49.6 Å². The Morgan fingerprint density at radius 2 is 1.71 bits per heavy atom. The molecule has 2 N–H and O–H groups in total. The molecule has 4 rings (SSSR count). The van der Waals surface area contributed by atoms with E-state index < -0.39 is 0 Å². The van der Waals surface area contributed by atoms with Crippen LogP contribution >= 0.6 is 0 Å². The number of fused-ring (bicyclic) bond motifs is 1. The summed E-state index contributed by atoms with van der Waals surface area (Å²) in [5.41, 5.74) is 12.2. The molecule has 1 amide bonds. The van der Waals surface area contributed by atoms with Gasteiger partial charge in [0.05, 0.1) is 0 Å². The van der Waals surface area contributed by atoms with Gasteiger partial charge in [-0.25, -0.2) is 0 Å². The molecule has 0 aromatic heterocycles. The van der Waals surface area contributed by atoms with Crippen LogP contribution in [0.3, 0.4) is 0 Å². The van der Waals surface area contributed by atoms with Crippen molar-refractivity contribution in [2.45, 2.75) is 58.2 Å². The number of nitrogens with two attached hydrogens (primary N) is 1. The largest absolute Gasteiger partial charge is 0.324 e. The zero-order valence-corrected chi connectivity index (χ0v) is 17.0. The normalized spacial score (nSPS) is 22.8. The van der Waals surface area contributed by atoms with Gasteiger partial charge in [0.1, 0.15) is 0 Å². The highest BCUT2D eigenvalue weighted by Gasteiger charge is 2.30. The van der Waals surface area contributed by atoms with Crippen molar-refractivity contribution in [3.05, 3.63) is 53.6 Å². The Morgan fingerprint density at radius 1 is 1.04 bits per heavy atom. The van der Waals surface area contributed by atoms with Crippen LogP contribution in [0, 0.1) is 0 Å². The van der Waals surface area contributed by atoms with Crippen molar-refractivity contribution in [1.29, 1.82) is 0 Å². The lowest BCUT2D eigenvalue weighted by molar-refractivity contribution is -0.117. The lowest BCUT2D eigenvalue weighted by atomic mass is 9.89. The third-order valence-corrected chi connectivity index (χ3v) is 6.20. The Hall–Kier alpha value is -2.17. The smallest absolute Gasteiger partial charge is 0.224 e. The van der Waals surface area contributed by atoms with E-state index in [1.807, 2.05) is 4.90 Å². The van der Waals surface area contributed by atoms with Crippen molar-refractivity contribution >= 4 is 11.6 Å². The van der Waals surface area contributed by atoms with Crippen LogP contribution in [0.15, 0.2) is 42.5 Å². The number of likely N-dealkylation sites (tertiary alicyclic amines) is 1. The molecule has 2 aromatic carbocycles. The SMILES string of the molecule is CC(=O)N1c2ccc(-c3ccc(CN4CCCCC4)cc3)cc2[C@@H](N)C[C@H]1C. The van der Waals surface area contributed by atoms with E-state index >= 15 is 0 Å². The highest BCUT2D eigenvalue weighted by Crippen LogP contribution is 2.38. The van der Waals surface area contributed by atoms with Gasteiger partial charge in [-0.1, -0.05) is 36.8 Å². The molecule has 28 heavy (non-hydrogen) atoms. The molecule has 148 valence electrons. The lowest BCUT2D eigenvalue weighted by Gasteiger charge is -2.38. The second-order valence-electron chi connectivity index (χ2n) is 8.39. The average molecular weight is 378 g/mol. The summed E-state index contributed by atoms with van der Waals surface area (Å²) in [5.74, 6) is 0.0791. The summed E-state index contributed by atoms with van der Waals surface area (Å²) in [6.07, 6.45) is 4.81. The first-order valence-electron chi connectivity index (χ1n) is 10.5. The van der Waals surface area contributed by atoms with Crippen LogP contribution < -0.4 is 10.6 Å². The second kappa shape index (κ2) is 8.06. The van der Waals surface area contributed by atoms with Gasteiger partial charge in [0.2, 0.25) is 5.91 Å². The number of carbonyl (C=O) groups is 1. The maximum Gasteiger partial charge on any atom is 0.224 e. The fourth-order valence-corrected chi connectivity index (χ4v) is 4.75. The molecule has 0 aliphatic carbocycles. The number of piperidine rings is 1. The average Bonchev–Trinajstić information content (AvgIpc) is 2.69. The summed E-state index contributed by atoms with van der Waals surface area (Å²) in [4.78, 5) is 16.5. The number of rotatable bonds is 3. The number of hydrogen-bond donors (Lipinski definition) is 1. The van der Waals surface area contributed by atoms with E-state index in [0.717, 1.165) is 29.8 Å². The van der Waals surface area contributed by atoms with E-state index in [0.29, 0.717) is 0 Å². The molecule has 2 atom stereocenters. The first-order valence-corrected chi connectivity index (χ1v) is 10.5. The van der Waals surface area contributed by atoms with E-state index in [9.17, 15) is 4.79 Å². The standard InChI is InChI=1S/C24H31N3O/c1-17-14-23(25)22-15-21(10-11-24(22)27(17)18(2)28)20-8-6-19(7-9-20)16-26-12-4-3-5-13-26/h6-11,15,17,23H,3-5,12-14,16,25H2,1-2H3/t17-,23+/m1/s1. The molecule has 4 heteroatoms. The fourth-order valence-electron chi connectivity index (χ4n) is 4.75. The number of carbonyl (C=O) groups excluding carboxylic acids is 1. The minimum atomic E-state index is -0.0288. The van der Waals surface area contributed by atoms with Crippen molar-refractivity contribution in [2.75, 3.05) is 18.0 Å². The molecule has 1 fully saturated rings. The zero-order chi connectivity index (χ0) is 19.7. The Labute approximate surface area is 168 Å². The van der Waals surface area contributed by atoms with Gasteiger partial charge in [0, 0.05) is 31.2 Å². The molecule has 0 radical (unpaired) electrons. The maximum atomic E-state index is 12.1. The van der Waals surface area contributed by atoms with Gasteiger partial charge >= 0.3 is 0 Å². The van der Waals surface area contributed by atoms with Crippen LogP contribution in [0.4, 0.5) is 5.69 Å². The molecule has 1 saturated heterocycles. The van der Waals surface area contributed by atoms with Crippen LogP contribution in [0.25, 0.3) is 11.1 Å². The minimum absolute atomic E-state index is 0.0288. The molecule has 2 aliphatic heterocycles. The highest BCUT2D eigenvalue weighted by molar-refractivity contribution is 5.94. The van der Waals surface area contributed by atoms with Crippen molar-refractivity contribution in [2.24, 2.45) is 5.73 Å². The van der Waals surface area contributed by atoms with Crippen molar-refractivity contribution in [3.63, 3.8) is 0 Å². The Bertz CT molecular complexity index is 839. The molecule has 0 bridgehead atoms. The monoisotopic (exact) mass is 377 g/mol.